The van der Waals surface area contributed by atoms with E-state index < -0.39 is 0 Å². The molecule has 1 aliphatic carbocycles. The van der Waals surface area contributed by atoms with Crippen molar-refractivity contribution in [3.8, 4) is 0 Å². The number of carbonyl (C=O) groups excluding carboxylic acids is 1. The van der Waals surface area contributed by atoms with Gasteiger partial charge < -0.3 is 10.2 Å². The van der Waals surface area contributed by atoms with E-state index in [4.69, 9.17) is 11.6 Å². The Morgan fingerprint density at radius 1 is 1.47 bits per heavy atom. The Hall–Kier alpha value is -1.22. The van der Waals surface area contributed by atoms with E-state index >= 15 is 0 Å². The summed E-state index contributed by atoms with van der Waals surface area (Å²) in [6.07, 6.45) is 1.96. The highest BCUT2D eigenvalue weighted by molar-refractivity contribution is 6.19. The smallest absolute Gasteiger partial charge is 0.251 e. The second-order valence-electron chi connectivity index (χ2n) is 4.81. The number of hydrogen-bond acceptors (Lipinski definition) is 2. The fraction of sp³-hybridized carbons (Fsp3) is 0.462. The second kappa shape index (κ2) is 4.57. The average molecular weight is 253 g/mol. The SMILES string of the molecule is CN(C)c1cccc(C(=O)NC2(CCl)CC2)c1. The molecule has 0 aliphatic heterocycles. The quantitative estimate of drug-likeness (QED) is 0.834. The fourth-order valence-corrected chi connectivity index (χ4v) is 2.02. The van der Waals surface area contributed by atoms with Gasteiger partial charge in [0, 0.05) is 31.2 Å². The monoisotopic (exact) mass is 252 g/mol. The van der Waals surface area contributed by atoms with Crippen molar-refractivity contribution in [3.63, 3.8) is 0 Å². The van der Waals surface area contributed by atoms with Crippen LogP contribution < -0.4 is 10.2 Å². The Labute approximate surface area is 107 Å². The topological polar surface area (TPSA) is 32.3 Å². The lowest BCUT2D eigenvalue weighted by molar-refractivity contribution is 0.0936. The molecule has 1 aromatic rings. The number of carbonyl (C=O) groups is 1. The number of alkyl halides is 1. The van der Waals surface area contributed by atoms with Gasteiger partial charge in [0.25, 0.3) is 5.91 Å². The molecule has 0 atom stereocenters. The molecule has 0 saturated heterocycles. The van der Waals surface area contributed by atoms with Gasteiger partial charge in [-0.25, -0.2) is 0 Å². The Balaban J connectivity index is 2.11. The Bertz CT molecular complexity index is 427. The first-order valence-corrected chi connectivity index (χ1v) is 6.26. The van der Waals surface area contributed by atoms with Gasteiger partial charge in [-0.1, -0.05) is 6.07 Å². The van der Waals surface area contributed by atoms with E-state index in [1.54, 1.807) is 0 Å². The van der Waals surface area contributed by atoms with Crippen molar-refractivity contribution in [2.24, 2.45) is 0 Å². The highest BCUT2D eigenvalue weighted by Gasteiger charge is 2.43. The molecule has 17 heavy (non-hydrogen) atoms. The molecule has 1 N–H and O–H groups in total. The summed E-state index contributed by atoms with van der Waals surface area (Å²) in [6, 6.07) is 7.59. The van der Waals surface area contributed by atoms with Crippen LogP contribution >= 0.6 is 11.6 Å². The third-order valence-electron chi connectivity index (χ3n) is 3.11. The van der Waals surface area contributed by atoms with Gasteiger partial charge in [0.05, 0.1) is 5.54 Å². The molecule has 4 heteroatoms. The minimum atomic E-state index is -0.146. The lowest BCUT2D eigenvalue weighted by Gasteiger charge is -2.16. The van der Waals surface area contributed by atoms with Crippen molar-refractivity contribution < 1.29 is 4.79 Å². The molecule has 0 spiro atoms. The standard InChI is InChI=1S/C13H17ClN2O/c1-16(2)11-5-3-4-10(8-11)12(17)15-13(9-14)6-7-13/h3-5,8H,6-7,9H2,1-2H3,(H,15,17). The molecule has 1 saturated carbocycles. The number of nitrogens with one attached hydrogen (secondary N) is 1. The van der Waals surface area contributed by atoms with Gasteiger partial charge in [0.15, 0.2) is 0 Å². The lowest BCUT2D eigenvalue weighted by atomic mass is 10.1. The normalized spacial score (nSPS) is 16.4. The van der Waals surface area contributed by atoms with Crippen LogP contribution in [0.1, 0.15) is 23.2 Å². The van der Waals surface area contributed by atoms with Gasteiger partial charge in [0.2, 0.25) is 0 Å². The van der Waals surface area contributed by atoms with Crippen molar-refractivity contribution in [1.29, 1.82) is 0 Å². The minimum absolute atomic E-state index is 0.0353. The van der Waals surface area contributed by atoms with Gasteiger partial charge in [-0.3, -0.25) is 4.79 Å². The number of halogens is 1. The van der Waals surface area contributed by atoms with E-state index in [-0.39, 0.29) is 11.4 Å². The van der Waals surface area contributed by atoms with E-state index in [0.717, 1.165) is 18.5 Å². The van der Waals surface area contributed by atoms with Crippen LogP contribution in [0.2, 0.25) is 0 Å². The van der Waals surface area contributed by atoms with Crippen LogP contribution in [-0.2, 0) is 0 Å². The fourth-order valence-electron chi connectivity index (χ4n) is 1.68. The number of nitrogens with zero attached hydrogens (tertiary/aromatic N) is 1. The summed E-state index contributed by atoms with van der Waals surface area (Å²) in [4.78, 5) is 14.0. The molecule has 0 aromatic heterocycles. The zero-order chi connectivity index (χ0) is 12.5. The van der Waals surface area contributed by atoms with Crippen LogP contribution in [0.5, 0.6) is 0 Å². The minimum Gasteiger partial charge on any atom is -0.378 e. The van der Waals surface area contributed by atoms with Crippen LogP contribution in [-0.4, -0.2) is 31.4 Å². The molecular formula is C13H17ClN2O. The van der Waals surface area contributed by atoms with Crippen molar-refractivity contribution in [2.75, 3.05) is 24.9 Å². The molecule has 0 heterocycles. The highest BCUT2D eigenvalue weighted by atomic mass is 35.5. The maximum atomic E-state index is 12.0. The molecule has 0 radical (unpaired) electrons. The van der Waals surface area contributed by atoms with E-state index in [1.807, 2.05) is 43.3 Å². The number of benzene rings is 1. The molecule has 0 unspecified atom stereocenters. The van der Waals surface area contributed by atoms with E-state index in [2.05, 4.69) is 5.32 Å². The zero-order valence-corrected chi connectivity index (χ0v) is 10.9. The molecule has 1 aliphatic rings. The first-order chi connectivity index (χ1) is 8.06. The van der Waals surface area contributed by atoms with Gasteiger partial charge in [-0.2, -0.15) is 0 Å². The molecule has 1 fully saturated rings. The summed E-state index contributed by atoms with van der Waals surface area (Å²) in [7, 11) is 3.91. The third-order valence-corrected chi connectivity index (χ3v) is 3.62. The summed E-state index contributed by atoms with van der Waals surface area (Å²) in [5.74, 6) is 0.457. The lowest BCUT2D eigenvalue weighted by Crippen LogP contribution is -2.38. The van der Waals surface area contributed by atoms with Gasteiger partial charge in [0.1, 0.15) is 0 Å². The van der Waals surface area contributed by atoms with Gasteiger partial charge in [-0.15, -0.1) is 11.6 Å². The van der Waals surface area contributed by atoms with Crippen molar-refractivity contribution in [2.45, 2.75) is 18.4 Å². The largest absolute Gasteiger partial charge is 0.378 e. The predicted octanol–water partition coefficient (Wildman–Crippen LogP) is 2.25. The Morgan fingerprint density at radius 2 is 2.18 bits per heavy atom. The van der Waals surface area contributed by atoms with Crippen molar-refractivity contribution >= 4 is 23.2 Å². The van der Waals surface area contributed by atoms with E-state index in [0.29, 0.717) is 11.4 Å². The number of hydrogen-bond donors (Lipinski definition) is 1. The van der Waals surface area contributed by atoms with Crippen LogP contribution in [0.15, 0.2) is 24.3 Å². The first-order valence-electron chi connectivity index (χ1n) is 5.72. The van der Waals surface area contributed by atoms with Gasteiger partial charge >= 0.3 is 0 Å². The zero-order valence-electron chi connectivity index (χ0n) is 10.2. The summed E-state index contributed by atoms with van der Waals surface area (Å²) >= 11 is 5.85. The summed E-state index contributed by atoms with van der Waals surface area (Å²) in [5.41, 5.74) is 1.56. The van der Waals surface area contributed by atoms with Crippen LogP contribution in [0.4, 0.5) is 5.69 Å². The average Bonchev–Trinajstić information content (AvgIpc) is 3.09. The molecule has 1 amide bonds. The molecule has 3 nitrogen and oxygen atoms in total. The first kappa shape index (κ1) is 12.2. The second-order valence-corrected chi connectivity index (χ2v) is 5.08. The number of anilines is 1. The third kappa shape index (κ3) is 2.72. The number of rotatable bonds is 4. The molecular weight excluding hydrogens is 236 g/mol. The molecule has 1 aromatic carbocycles. The van der Waals surface area contributed by atoms with Crippen LogP contribution in [0.3, 0.4) is 0 Å². The summed E-state index contributed by atoms with van der Waals surface area (Å²) in [6.45, 7) is 0. The Kier molecular flexibility index (Phi) is 3.29. The molecule has 2 rings (SSSR count). The van der Waals surface area contributed by atoms with Crippen LogP contribution in [0, 0.1) is 0 Å². The van der Waals surface area contributed by atoms with Crippen molar-refractivity contribution in [3.05, 3.63) is 29.8 Å². The summed E-state index contributed by atoms with van der Waals surface area (Å²) < 4.78 is 0. The molecule has 92 valence electrons. The summed E-state index contributed by atoms with van der Waals surface area (Å²) in [5, 5.41) is 3.01. The van der Waals surface area contributed by atoms with E-state index in [1.165, 1.54) is 0 Å². The van der Waals surface area contributed by atoms with Crippen molar-refractivity contribution in [1.82, 2.24) is 5.32 Å². The highest BCUT2D eigenvalue weighted by Crippen LogP contribution is 2.36. The Morgan fingerprint density at radius 3 is 2.71 bits per heavy atom. The predicted molar refractivity (Wildman–Crippen MR) is 70.9 cm³/mol. The maximum Gasteiger partial charge on any atom is 0.251 e. The molecule has 0 bridgehead atoms. The van der Waals surface area contributed by atoms with Gasteiger partial charge in [-0.05, 0) is 31.0 Å². The van der Waals surface area contributed by atoms with E-state index in [9.17, 15) is 4.79 Å². The maximum absolute atomic E-state index is 12.0. The number of amides is 1. The van der Waals surface area contributed by atoms with Crippen LogP contribution in [0.25, 0.3) is 0 Å².